The van der Waals surface area contributed by atoms with Crippen LogP contribution < -0.4 is 9.80 Å². The predicted molar refractivity (Wildman–Crippen MR) is 214 cm³/mol. The Hall–Kier alpha value is -5.16. The van der Waals surface area contributed by atoms with E-state index in [2.05, 4.69) is 178 Å². The van der Waals surface area contributed by atoms with Gasteiger partial charge in [0.2, 0.25) is 0 Å². The molecule has 5 heteroatoms. The van der Waals surface area contributed by atoms with Gasteiger partial charge in [-0.25, -0.2) is 0 Å². The zero-order chi connectivity index (χ0) is 32.8. The quantitative estimate of drug-likeness (QED) is 0.166. The summed E-state index contributed by atoms with van der Waals surface area (Å²) in [6.45, 7) is 0. The van der Waals surface area contributed by atoms with Crippen LogP contribution in [0.1, 0.15) is 22.3 Å². The van der Waals surface area contributed by atoms with Crippen molar-refractivity contribution >= 4 is 90.6 Å². The van der Waals surface area contributed by atoms with Gasteiger partial charge in [0.25, 0.3) is 0 Å². The molecule has 236 valence electrons. The van der Waals surface area contributed by atoms with E-state index in [0.717, 1.165) is 22.7 Å². The Balaban J connectivity index is 1.23. The number of hydrogen-bond acceptors (Lipinski definition) is 4. The van der Waals surface area contributed by atoms with E-state index in [1.807, 2.05) is 22.7 Å². The molecule has 0 fully saturated rings. The van der Waals surface area contributed by atoms with Crippen molar-refractivity contribution in [1.29, 1.82) is 0 Å². The van der Waals surface area contributed by atoms with Crippen LogP contribution in [0.15, 0.2) is 168 Å². The van der Waals surface area contributed by atoms with Crippen molar-refractivity contribution in [3.8, 4) is 9.75 Å². The maximum absolute atomic E-state index is 2.59. The molecule has 0 saturated heterocycles. The molecule has 4 heterocycles. The van der Waals surface area contributed by atoms with Gasteiger partial charge in [-0.15, -0.1) is 0 Å². The third kappa shape index (κ3) is 3.83. The molecular weight excluding hydrogens is 712 g/mol. The topological polar surface area (TPSA) is 6.48 Å². The summed E-state index contributed by atoms with van der Waals surface area (Å²) < 4.78 is 2.93. The molecule has 2 aliphatic rings. The van der Waals surface area contributed by atoms with Gasteiger partial charge in [0.15, 0.2) is 0 Å². The zero-order valence-corrected chi connectivity index (χ0v) is 30.1. The van der Waals surface area contributed by atoms with Gasteiger partial charge in [-0.2, -0.15) is 0 Å². The van der Waals surface area contributed by atoms with E-state index in [-0.39, 0.29) is 19.9 Å². The fraction of sp³-hybridized carbons (Fsp3) is 0.0222. The monoisotopic (exact) mass is 740 g/mol. The Kier molecular flexibility index (Phi) is 6.26. The fourth-order valence-corrected chi connectivity index (χ4v) is 13.2. The van der Waals surface area contributed by atoms with E-state index in [9.17, 15) is 0 Å². The Morgan fingerprint density at radius 2 is 1.14 bits per heavy atom. The van der Waals surface area contributed by atoms with Gasteiger partial charge in [-0.3, -0.25) is 0 Å². The Bertz CT molecular complexity index is 2660. The Labute approximate surface area is 304 Å². The number of anilines is 6. The van der Waals surface area contributed by atoms with Gasteiger partial charge in [-0.1, -0.05) is 0 Å². The number of rotatable bonds is 4. The number of nitrogens with zero attached hydrogens (tertiary/aromatic N) is 2. The molecule has 1 aliphatic heterocycles. The molecule has 2 nitrogen and oxygen atoms in total. The van der Waals surface area contributed by atoms with Gasteiger partial charge >= 0.3 is 306 Å². The first-order valence-electron chi connectivity index (χ1n) is 16.8. The molecule has 1 aliphatic carbocycles. The molecule has 0 atom stereocenters. The fourth-order valence-electron chi connectivity index (χ4n) is 8.48. The van der Waals surface area contributed by atoms with Crippen molar-refractivity contribution in [2.45, 2.75) is 5.41 Å². The molecule has 0 unspecified atom stereocenters. The Morgan fingerprint density at radius 1 is 0.500 bits per heavy atom. The summed E-state index contributed by atoms with van der Waals surface area (Å²) in [6.07, 6.45) is 0. The van der Waals surface area contributed by atoms with E-state index in [0.29, 0.717) is 0 Å². The minimum absolute atomic E-state index is 0.161. The summed E-state index contributed by atoms with van der Waals surface area (Å²) in [6, 6.07) is 58.5. The van der Waals surface area contributed by atoms with Crippen LogP contribution in [-0.2, 0) is 5.41 Å². The second-order valence-electron chi connectivity index (χ2n) is 12.9. The number of hydrogen-bond donors (Lipinski definition) is 0. The molecule has 1 spiro atoms. The Morgan fingerprint density at radius 3 is 1.88 bits per heavy atom. The van der Waals surface area contributed by atoms with Gasteiger partial charge in [-0.05, 0) is 0 Å². The first-order valence-corrected chi connectivity index (χ1v) is 20.3. The molecule has 9 aromatic rings. The van der Waals surface area contributed by atoms with E-state index >= 15 is 0 Å². The summed E-state index contributed by atoms with van der Waals surface area (Å²) in [5.74, 6) is 0. The molecule has 6 aromatic carbocycles. The van der Waals surface area contributed by atoms with Crippen molar-refractivity contribution < 1.29 is 0 Å². The predicted octanol–water partition coefficient (Wildman–Crippen LogP) is 12.8. The minimum atomic E-state index is -0.370. The average molecular weight is 740 g/mol. The molecule has 0 amide bonds. The summed E-state index contributed by atoms with van der Waals surface area (Å²) in [5, 5.41) is 7.34. The second kappa shape index (κ2) is 10.9. The maximum atomic E-state index is 2.59. The van der Waals surface area contributed by atoms with E-state index in [1.165, 1.54) is 62.7 Å². The normalized spacial score (nSPS) is 13.7. The van der Waals surface area contributed by atoms with Crippen LogP contribution in [0.25, 0.3) is 29.0 Å². The first-order chi connectivity index (χ1) is 24.8. The van der Waals surface area contributed by atoms with Crippen molar-refractivity contribution in [3.63, 3.8) is 0 Å². The van der Waals surface area contributed by atoms with Crippen LogP contribution in [-0.4, -0.2) is 14.5 Å². The average Bonchev–Trinajstić information content (AvgIpc) is 3.97. The van der Waals surface area contributed by atoms with Gasteiger partial charge in [0, 0.05) is 0 Å². The molecular formula is C45H28N2S2Se. The van der Waals surface area contributed by atoms with Crippen molar-refractivity contribution in [2.24, 2.45) is 0 Å². The number of fused-ring (bicyclic) bond motifs is 13. The third-order valence-electron chi connectivity index (χ3n) is 10.4. The van der Waals surface area contributed by atoms with Gasteiger partial charge in [0.1, 0.15) is 0 Å². The van der Waals surface area contributed by atoms with Crippen LogP contribution in [0.5, 0.6) is 0 Å². The number of benzene rings is 6. The van der Waals surface area contributed by atoms with Crippen molar-refractivity contribution in [1.82, 2.24) is 0 Å². The summed E-state index contributed by atoms with van der Waals surface area (Å²) >= 11 is 3.93. The molecule has 50 heavy (non-hydrogen) atoms. The van der Waals surface area contributed by atoms with E-state index < -0.39 is 0 Å². The molecule has 3 aromatic heterocycles. The molecule has 11 rings (SSSR count). The van der Waals surface area contributed by atoms with Gasteiger partial charge in [0.05, 0.1) is 0 Å². The van der Waals surface area contributed by atoms with Gasteiger partial charge < -0.3 is 0 Å². The van der Waals surface area contributed by atoms with Crippen molar-refractivity contribution in [3.05, 3.63) is 191 Å². The standard InChI is InChI=1S/C45H28N2S2Se/c1-3-12-29(13-4-1)46(30-14-5-2-6-15-30)31-16-11-17-32(28-31)47-39-20-9-8-19-35(39)45(37-24-26-48-42(37)43-38(45)25-27-49-43)36-23-22-34-33-18-7-10-21-40(33)50-44(34)41(36)47/h1-28H. The first kappa shape index (κ1) is 28.7. The van der Waals surface area contributed by atoms with E-state index in [4.69, 9.17) is 0 Å². The van der Waals surface area contributed by atoms with Crippen LogP contribution in [0.3, 0.4) is 0 Å². The molecule has 0 radical (unpaired) electrons. The molecule has 0 bridgehead atoms. The summed E-state index contributed by atoms with van der Waals surface area (Å²) in [4.78, 5) is 7.79. The molecule has 0 N–H and O–H groups in total. The molecule has 0 saturated carbocycles. The summed E-state index contributed by atoms with van der Waals surface area (Å²) in [5.41, 5.74) is 12.4. The van der Waals surface area contributed by atoms with Crippen LogP contribution >= 0.6 is 22.7 Å². The van der Waals surface area contributed by atoms with Crippen LogP contribution in [0.2, 0.25) is 0 Å². The third-order valence-corrected chi connectivity index (χ3v) is 14.9. The second-order valence-corrected chi connectivity index (χ2v) is 16.9. The SMILES string of the molecule is c1ccc(N(c2ccccc2)c2cccc(N3c4ccccc4C4(c5ccsc5-c5sccc54)c4ccc5c([se]c6ccccc65)c43)c2)cc1. The van der Waals surface area contributed by atoms with Crippen LogP contribution in [0, 0.1) is 0 Å². The number of thiophene rings is 2. The van der Waals surface area contributed by atoms with Crippen LogP contribution in [0.4, 0.5) is 34.1 Å². The number of para-hydroxylation sites is 3. The summed E-state index contributed by atoms with van der Waals surface area (Å²) in [7, 11) is 0. The van der Waals surface area contributed by atoms with E-state index in [1.54, 1.807) is 0 Å². The zero-order valence-electron chi connectivity index (χ0n) is 26.8. The van der Waals surface area contributed by atoms with Crippen molar-refractivity contribution in [2.75, 3.05) is 9.80 Å².